The monoisotopic (exact) mass is 226 g/mol. The number of halogens is 1. The topological polar surface area (TPSA) is 121 Å². The summed E-state index contributed by atoms with van der Waals surface area (Å²) in [5, 5.41) is 25.3. The molecule has 0 saturated heterocycles. The van der Waals surface area contributed by atoms with Crippen LogP contribution in [0.1, 0.15) is 12.8 Å². The van der Waals surface area contributed by atoms with Gasteiger partial charge in [-0.15, -0.1) is 0 Å². The Morgan fingerprint density at radius 2 is 1.43 bits per heavy atom. The van der Waals surface area contributed by atoms with Gasteiger partial charge in [0.05, 0.1) is 24.7 Å². The molecule has 0 aromatic rings. The maximum atomic E-state index is 10.6. The van der Waals surface area contributed by atoms with Crippen molar-refractivity contribution in [2.75, 3.05) is 0 Å². The molecule has 0 radical (unpaired) electrons. The van der Waals surface area contributed by atoms with E-state index < -0.39 is 36.4 Å². The Balaban J connectivity index is 4.87. The summed E-state index contributed by atoms with van der Waals surface area (Å²) in [6.07, 6.45) is -2.06. The van der Waals surface area contributed by atoms with Gasteiger partial charge in [-0.3, -0.25) is 13.9 Å². The lowest BCUT2D eigenvalue weighted by Crippen LogP contribution is -2.43. The molecule has 0 aliphatic carbocycles. The van der Waals surface area contributed by atoms with E-state index in [1.807, 2.05) is 0 Å². The fourth-order valence-electron chi connectivity index (χ4n) is 0.790. The third kappa shape index (κ3) is 3.19. The highest BCUT2D eigenvalue weighted by molar-refractivity contribution is 6.09. The Morgan fingerprint density at radius 3 is 1.57 bits per heavy atom. The molecule has 0 amide bonds. The lowest BCUT2D eigenvalue weighted by atomic mass is 9.96. The van der Waals surface area contributed by atoms with Gasteiger partial charge in [0.15, 0.2) is 0 Å². The average Bonchev–Trinajstić information content (AvgIpc) is 2.00. The summed E-state index contributed by atoms with van der Waals surface area (Å²) < 4.78 is 3.93. The van der Waals surface area contributed by atoms with Crippen molar-refractivity contribution >= 4 is 29.8 Å². The molecule has 0 unspecified atom stereocenters. The second kappa shape index (κ2) is 4.77. The third-order valence-electron chi connectivity index (χ3n) is 1.41. The highest BCUT2D eigenvalue weighted by Gasteiger charge is 2.45. The molecule has 0 aromatic carbocycles. The van der Waals surface area contributed by atoms with E-state index in [4.69, 9.17) is 27.2 Å². The first kappa shape index (κ1) is 12.7. The van der Waals surface area contributed by atoms with E-state index in [0.717, 1.165) is 0 Å². The second-order valence-corrected chi connectivity index (χ2v) is 2.67. The first-order valence-electron chi connectivity index (χ1n) is 3.31. The molecule has 0 rings (SSSR count). The largest absolute Gasteiger partial charge is 0.481 e. The van der Waals surface area contributed by atoms with E-state index in [0.29, 0.717) is 0 Å². The first-order valence-corrected chi connectivity index (χ1v) is 3.61. The van der Waals surface area contributed by atoms with Crippen molar-refractivity contribution in [1.82, 2.24) is 0 Å². The number of carboxylic acids is 3. The molecular weight excluding hydrogens is 220 g/mol. The Morgan fingerprint density at radius 1 is 1.07 bits per heavy atom. The van der Waals surface area contributed by atoms with Crippen LogP contribution in [0.4, 0.5) is 0 Å². The number of carboxylic acid groups (broad SMARTS) is 3. The SMILES string of the molecule is O=C(O)CC(CC(=O)O)(OCl)C(=O)O. The summed E-state index contributed by atoms with van der Waals surface area (Å²) in [4.78, 5) is 31.1. The predicted molar refractivity (Wildman–Crippen MR) is 41.8 cm³/mol. The van der Waals surface area contributed by atoms with Crippen molar-refractivity contribution in [3.05, 3.63) is 0 Å². The zero-order valence-corrected chi connectivity index (χ0v) is 7.52. The number of rotatable bonds is 6. The molecule has 80 valence electrons. The molecule has 0 fully saturated rings. The Hall–Kier alpha value is -1.34. The lowest BCUT2D eigenvalue weighted by molar-refractivity contribution is -0.166. The van der Waals surface area contributed by atoms with Crippen molar-refractivity contribution < 1.29 is 34.0 Å². The highest BCUT2D eigenvalue weighted by Crippen LogP contribution is 2.23. The van der Waals surface area contributed by atoms with Crippen molar-refractivity contribution in [1.29, 1.82) is 0 Å². The molecule has 14 heavy (non-hydrogen) atoms. The Kier molecular flexibility index (Phi) is 4.32. The summed E-state index contributed by atoms with van der Waals surface area (Å²) in [5.41, 5.74) is -2.43. The zero-order valence-electron chi connectivity index (χ0n) is 6.77. The van der Waals surface area contributed by atoms with Gasteiger partial charge in [0.25, 0.3) is 0 Å². The third-order valence-corrected chi connectivity index (χ3v) is 1.71. The van der Waals surface area contributed by atoms with E-state index in [1.54, 1.807) is 0 Å². The molecule has 8 heteroatoms. The van der Waals surface area contributed by atoms with Crippen LogP contribution in [0, 0.1) is 0 Å². The summed E-state index contributed by atoms with van der Waals surface area (Å²) in [6, 6.07) is 0. The second-order valence-electron chi connectivity index (χ2n) is 2.52. The number of carbonyl (C=O) groups is 3. The fraction of sp³-hybridized carbons (Fsp3) is 0.500. The van der Waals surface area contributed by atoms with Crippen molar-refractivity contribution in [2.24, 2.45) is 0 Å². The molecule has 7 nitrogen and oxygen atoms in total. The van der Waals surface area contributed by atoms with Crippen LogP contribution in [0.5, 0.6) is 0 Å². The standard InChI is InChI=1S/C6H7ClO7/c7-14-6(5(12)13,1-3(8)9)2-4(10)11/h1-2H2,(H,8,9)(H,10,11)(H,12,13). The van der Waals surface area contributed by atoms with Crippen LogP contribution in [0.15, 0.2) is 0 Å². The van der Waals surface area contributed by atoms with Crippen LogP contribution in [-0.2, 0) is 18.7 Å². The van der Waals surface area contributed by atoms with Gasteiger partial charge in [-0.05, 0) is 0 Å². The van der Waals surface area contributed by atoms with E-state index in [2.05, 4.69) is 4.29 Å². The van der Waals surface area contributed by atoms with Gasteiger partial charge in [0.2, 0.25) is 5.60 Å². The first-order chi connectivity index (χ1) is 6.34. The van der Waals surface area contributed by atoms with Gasteiger partial charge < -0.3 is 15.3 Å². The minimum atomic E-state index is -2.43. The van der Waals surface area contributed by atoms with Crippen LogP contribution in [-0.4, -0.2) is 38.8 Å². The van der Waals surface area contributed by atoms with Crippen LogP contribution in [0.25, 0.3) is 0 Å². The van der Waals surface area contributed by atoms with Gasteiger partial charge in [0.1, 0.15) is 0 Å². The lowest BCUT2D eigenvalue weighted by Gasteiger charge is -2.21. The van der Waals surface area contributed by atoms with Gasteiger partial charge in [-0.2, -0.15) is 0 Å². The van der Waals surface area contributed by atoms with Gasteiger partial charge in [-0.25, -0.2) is 4.79 Å². The molecule has 0 bridgehead atoms. The molecule has 0 atom stereocenters. The Bertz CT molecular complexity index is 245. The average molecular weight is 227 g/mol. The van der Waals surface area contributed by atoms with Crippen LogP contribution >= 0.6 is 11.9 Å². The zero-order chi connectivity index (χ0) is 11.4. The predicted octanol–water partition coefficient (Wildman–Crippen LogP) is -0.0704. The minimum absolute atomic E-state index is 1.03. The highest BCUT2D eigenvalue weighted by atomic mass is 35.5. The smallest absolute Gasteiger partial charge is 0.339 e. The summed E-state index contributed by atoms with van der Waals surface area (Å²) >= 11 is 4.80. The summed E-state index contributed by atoms with van der Waals surface area (Å²) in [5.74, 6) is -4.78. The van der Waals surface area contributed by atoms with Crippen LogP contribution in [0.3, 0.4) is 0 Å². The number of hydrogen-bond donors (Lipinski definition) is 3. The van der Waals surface area contributed by atoms with Crippen molar-refractivity contribution in [3.63, 3.8) is 0 Å². The van der Waals surface area contributed by atoms with E-state index in [-0.39, 0.29) is 0 Å². The molecule has 0 aliphatic heterocycles. The van der Waals surface area contributed by atoms with Gasteiger partial charge in [0, 0.05) is 0 Å². The molecular formula is C6H7ClO7. The molecule has 3 N–H and O–H groups in total. The van der Waals surface area contributed by atoms with Gasteiger partial charge >= 0.3 is 17.9 Å². The number of aliphatic carboxylic acids is 3. The summed E-state index contributed by atoms with van der Waals surface area (Å²) in [7, 11) is 0. The molecule has 0 spiro atoms. The molecule has 0 saturated carbocycles. The molecule has 0 aromatic heterocycles. The maximum absolute atomic E-state index is 10.6. The van der Waals surface area contributed by atoms with Crippen LogP contribution in [0.2, 0.25) is 0 Å². The number of hydrogen-bond acceptors (Lipinski definition) is 4. The summed E-state index contributed by atoms with van der Waals surface area (Å²) in [6.45, 7) is 0. The molecule has 0 aliphatic rings. The maximum Gasteiger partial charge on any atom is 0.339 e. The van der Waals surface area contributed by atoms with Crippen molar-refractivity contribution in [2.45, 2.75) is 18.4 Å². The van der Waals surface area contributed by atoms with Crippen molar-refractivity contribution in [3.8, 4) is 0 Å². The van der Waals surface area contributed by atoms with E-state index in [1.165, 1.54) is 0 Å². The van der Waals surface area contributed by atoms with Crippen LogP contribution < -0.4 is 0 Å². The van der Waals surface area contributed by atoms with Gasteiger partial charge in [-0.1, -0.05) is 0 Å². The fourth-order valence-corrected chi connectivity index (χ4v) is 0.965. The Labute approximate surface area is 83.0 Å². The van der Waals surface area contributed by atoms with E-state index in [9.17, 15) is 14.4 Å². The normalized spacial score (nSPS) is 10.9. The quantitative estimate of drug-likeness (QED) is 0.579. The molecule has 0 heterocycles. The minimum Gasteiger partial charge on any atom is -0.481 e. The van der Waals surface area contributed by atoms with E-state index >= 15 is 0 Å².